The molecule has 21 heavy (non-hydrogen) atoms. The van der Waals surface area contributed by atoms with Crippen LogP contribution in [0.1, 0.15) is 24.1 Å². The highest BCUT2D eigenvalue weighted by Crippen LogP contribution is 2.35. The summed E-state index contributed by atoms with van der Waals surface area (Å²) in [6.07, 6.45) is 0. The van der Waals surface area contributed by atoms with Gasteiger partial charge in [-0.3, -0.25) is 0 Å². The molecule has 1 atom stereocenters. The number of halogens is 2. The van der Waals surface area contributed by atoms with E-state index < -0.39 is 5.76 Å². The van der Waals surface area contributed by atoms with Crippen LogP contribution < -0.4 is 5.32 Å². The van der Waals surface area contributed by atoms with Crippen molar-refractivity contribution >= 4 is 17.4 Å². The number of hydrogen-bond acceptors (Lipinski definition) is 3. The average molecular weight is 309 g/mol. The molecule has 2 rings (SSSR count). The molecule has 0 radical (unpaired) electrons. The highest BCUT2D eigenvalue weighted by Gasteiger charge is 2.14. The number of rotatable bonds is 5. The molecule has 0 heterocycles. The van der Waals surface area contributed by atoms with Crippen molar-refractivity contribution in [1.29, 1.82) is 0 Å². The van der Waals surface area contributed by atoms with Gasteiger partial charge in [0.25, 0.3) is 5.76 Å². The van der Waals surface area contributed by atoms with Crippen LogP contribution >= 0.6 is 11.8 Å². The van der Waals surface area contributed by atoms with Crippen molar-refractivity contribution in [2.24, 2.45) is 0 Å². The zero-order valence-electron chi connectivity index (χ0n) is 11.8. The number of phenols is 1. The molecule has 0 saturated heterocycles. The van der Waals surface area contributed by atoms with Gasteiger partial charge in [-0.15, -0.1) is 0 Å². The van der Waals surface area contributed by atoms with Gasteiger partial charge in [0, 0.05) is 16.1 Å². The second-order valence-electron chi connectivity index (χ2n) is 4.80. The molecular weight excluding hydrogens is 292 g/mol. The van der Waals surface area contributed by atoms with E-state index in [1.165, 1.54) is 0 Å². The fourth-order valence-corrected chi connectivity index (χ4v) is 2.72. The van der Waals surface area contributed by atoms with Gasteiger partial charge in [-0.1, -0.05) is 36.0 Å². The maximum atomic E-state index is 12.6. The molecule has 0 aliphatic rings. The zero-order valence-corrected chi connectivity index (χ0v) is 12.6. The smallest absolute Gasteiger partial charge is 0.288 e. The van der Waals surface area contributed by atoms with Crippen molar-refractivity contribution < 1.29 is 13.9 Å². The molecule has 0 saturated carbocycles. The number of aryl methyl sites for hydroxylation is 1. The highest BCUT2D eigenvalue weighted by molar-refractivity contribution is 7.99. The molecule has 2 N–H and O–H groups in total. The van der Waals surface area contributed by atoms with Crippen LogP contribution in [0, 0.1) is 6.92 Å². The van der Waals surface area contributed by atoms with E-state index in [2.05, 4.69) is 5.32 Å². The van der Waals surface area contributed by atoms with Crippen LogP contribution in [0.2, 0.25) is 0 Å². The second kappa shape index (κ2) is 6.80. The Balaban J connectivity index is 2.21. The van der Waals surface area contributed by atoms with Gasteiger partial charge in [0.2, 0.25) is 0 Å². The number of benzene rings is 2. The number of hydrogen-bond donors (Lipinski definition) is 2. The molecule has 0 bridgehead atoms. The summed E-state index contributed by atoms with van der Waals surface area (Å²) in [5, 5.41) is 13.2. The Hall–Kier alpha value is -1.75. The molecular formula is C16H17F2NOS. The lowest BCUT2D eigenvalue weighted by Gasteiger charge is -2.19. The van der Waals surface area contributed by atoms with Gasteiger partial charge in [-0.2, -0.15) is 8.78 Å². The summed E-state index contributed by atoms with van der Waals surface area (Å²) in [6, 6.07) is 12.2. The van der Waals surface area contributed by atoms with Gasteiger partial charge in [0.05, 0.1) is 6.04 Å². The van der Waals surface area contributed by atoms with Crippen molar-refractivity contribution in [2.45, 2.75) is 30.5 Å². The van der Waals surface area contributed by atoms with Crippen molar-refractivity contribution in [2.75, 3.05) is 5.32 Å². The summed E-state index contributed by atoms with van der Waals surface area (Å²) in [7, 11) is 0. The molecule has 5 heteroatoms. The Kier molecular flexibility index (Phi) is 5.07. The first-order valence-corrected chi connectivity index (χ1v) is 7.45. The summed E-state index contributed by atoms with van der Waals surface area (Å²) in [5.74, 6) is -2.26. The topological polar surface area (TPSA) is 32.3 Å². The summed E-state index contributed by atoms with van der Waals surface area (Å²) < 4.78 is 25.1. The summed E-state index contributed by atoms with van der Waals surface area (Å²) in [4.78, 5) is 0.492. The predicted molar refractivity (Wildman–Crippen MR) is 83.2 cm³/mol. The van der Waals surface area contributed by atoms with E-state index in [4.69, 9.17) is 0 Å². The van der Waals surface area contributed by atoms with Gasteiger partial charge in [-0.05, 0) is 37.6 Å². The van der Waals surface area contributed by atoms with Crippen LogP contribution in [-0.4, -0.2) is 10.9 Å². The lowest BCUT2D eigenvalue weighted by atomic mass is 10.0. The van der Waals surface area contributed by atoms with E-state index in [1.54, 1.807) is 30.3 Å². The summed E-state index contributed by atoms with van der Waals surface area (Å²) in [6.45, 7) is 3.78. The van der Waals surface area contributed by atoms with E-state index in [-0.39, 0.29) is 11.8 Å². The van der Waals surface area contributed by atoms with Crippen LogP contribution in [-0.2, 0) is 0 Å². The lowest BCUT2D eigenvalue weighted by Crippen LogP contribution is -2.08. The molecule has 2 aromatic carbocycles. The molecule has 2 nitrogen and oxygen atoms in total. The Morgan fingerprint density at radius 1 is 1.14 bits per heavy atom. The predicted octanol–water partition coefficient (Wildman–Crippen LogP) is 5.19. The molecule has 0 fully saturated rings. The number of anilines is 1. The lowest BCUT2D eigenvalue weighted by molar-refractivity contribution is 0.252. The van der Waals surface area contributed by atoms with Crippen LogP contribution in [0.4, 0.5) is 14.5 Å². The fourth-order valence-electron chi connectivity index (χ4n) is 2.12. The average Bonchev–Trinajstić information content (AvgIpc) is 2.40. The molecule has 0 aliphatic carbocycles. The first-order valence-electron chi connectivity index (χ1n) is 6.57. The largest absolute Gasteiger partial charge is 0.508 e. The zero-order chi connectivity index (χ0) is 15.4. The standard InChI is InChI=1S/C16H17F2NOS/c1-10-7-8-12(14(20)9-10)11(2)19-13-5-3-4-6-15(13)21-16(17)18/h3-9,11,16,19-20H,1-2H3. The maximum absolute atomic E-state index is 12.6. The molecule has 0 spiro atoms. The van der Waals surface area contributed by atoms with Crippen LogP contribution in [0.25, 0.3) is 0 Å². The van der Waals surface area contributed by atoms with Crippen molar-refractivity contribution in [3.63, 3.8) is 0 Å². The minimum absolute atomic E-state index is 0.190. The second-order valence-corrected chi connectivity index (χ2v) is 5.83. The van der Waals surface area contributed by atoms with Gasteiger partial charge in [0.15, 0.2) is 0 Å². The monoisotopic (exact) mass is 309 g/mol. The molecule has 0 amide bonds. The maximum Gasteiger partial charge on any atom is 0.288 e. The van der Waals surface area contributed by atoms with Gasteiger partial charge in [-0.25, -0.2) is 0 Å². The van der Waals surface area contributed by atoms with Crippen molar-refractivity contribution in [3.8, 4) is 5.75 Å². The Morgan fingerprint density at radius 3 is 2.52 bits per heavy atom. The number of thioether (sulfide) groups is 1. The summed E-state index contributed by atoms with van der Waals surface area (Å²) >= 11 is 0.511. The van der Waals surface area contributed by atoms with Gasteiger partial charge < -0.3 is 10.4 Å². The first-order chi connectivity index (χ1) is 9.97. The van der Waals surface area contributed by atoms with Gasteiger partial charge >= 0.3 is 0 Å². The first kappa shape index (κ1) is 15.6. The normalized spacial score (nSPS) is 12.4. The van der Waals surface area contributed by atoms with E-state index >= 15 is 0 Å². The third-order valence-corrected chi connectivity index (χ3v) is 3.92. The van der Waals surface area contributed by atoms with Crippen LogP contribution in [0.15, 0.2) is 47.4 Å². The number of alkyl halides is 2. The third kappa shape index (κ3) is 4.11. The molecule has 2 aromatic rings. The van der Waals surface area contributed by atoms with Crippen LogP contribution in [0.5, 0.6) is 5.75 Å². The quantitative estimate of drug-likeness (QED) is 0.746. The highest BCUT2D eigenvalue weighted by atomic mass is 32.2. The number of phenolic OH excluding ortho intramolecular Hbond substituents is 1. The van der Waals surface area contributed by atoms with E-state index in [0.717, 1.165) is 11.1 Å². The number of nitrogens with one attached hydrogen (secondary N) is 1. The third-order valence-electron chi connectivity index (χ3n) is 3.13. The Bertz CT molecular complexity index is 619. The molecule has 0 aliphatic heterocycles. The Labute approximate surface area is 127 Å². The van der Waals surface area contributed by atoms with Crippen LogP contribution in [0.3, 0.4) is 0 Å². The minimum atomic E-state index is -2.46. The fraction of sp³-hybridized carbons (Fsp3) is 0.250. The number of para-hydroxylation sites is 1. The minimum Gasteiger partial charge on any atom is -0.508 e. The Morgan fingerprint density at radius 2 is 1.86 bits per heavy atom. The van der Waals surface area contributed by atoms with E-state index in [1.807, 2.05) is 26.0 Å². The van der Waals surface area contributed by atoms with Crippen molar-refractivity contribution in [1.82, 2.24) is 0 Å². The molecule has 112 valence electrons. The SMILES string of the molecule is Cc1ccc(C(C)Nc2ccccc2SC(F)F)c(O)c1. The molecule has 1 unspecified atom stereocenters. The van der Waals surface area contributed by atoms with E-state index in [0.29, 0.717) is 22.3 Å². The summed E-state index contributed by atoms with van der Waals surface area (Å²) in [5.41, 5.74) is 2.34. The van der Waals surface area contributed by atoms with E-state index in [9.17, 15) is 13.9 Å². The van der Waals surface area contributed by atoms with Crippen molar-refractivity contribution in [3.05, 3.63) is 53.6 Å². The molecule has 0 aromatic heterocycles. The number of aromatic hydroxyl groups is 1. The van der Waals surface area contributed by atoms with Gasteiger partial charge in [0.1, 0.15) is 5.75 Å².